The van der Waals surface area contributed by atoms with Crippen LogP contribution < -0.4 is 10.6 Å². The smallest absolute Gasteiger partial charge is 0.345 e. The summed E-state index contributed by atoms with van der Waals surface area (Å²) in [5.41, 5.74) is -0.420. The minimum atomic E-state index is -4.78. The van der Waals surface area contributed by atoms with Crippen molar-refractivity contribution in [3.05, 3.63) is 74.0 Å². The molecule has 2 rings (SSSR count). The average Bonchev–Trinajstić information content (AvgIpc) is 2.73. The van der Waals surface area contributed by atoms with Gasteiger partial charge in [-0.25, -0.2) is 4.39 Å². The Kier molecular flexibility index (Phi) is 9.43. The lowest BCUT2D eigenvalue weighted by Crippen LogP contribution is -2.40. The Morgan fingerprint density at radius 3 is 2.03 bits per heavy atom. The molecule has 0 fully saturated rings. The molecule has 0 aromatic heterocycles. The Hall–Kier alpha value is -2.50. The van der Waals surface area contributed by atoms with E-state index >= 15 is 0 Å². The van der Waals surface area contributed by atoms with Crippen molar-refractivity contribution < 1.29 is 40.3 Å². The fraction of sp³-hybridized carbons (Fsp3) is 0.238. The van der Waals surface area contributed by atoms with Gasteiger partial charge in [-0.1, -0.05) is 53.0 Å². The molecule has 0 saturated carbocycles. The number of nitrogens with one attached hydrogen (secondary N) is 2. The van der Waals surface area contributed by atoms with E-state index in [0.29, 0.717) is 0 Å². The summed E-state index contributed by atoms with van der Waals surface area (Å²) in [5.74, 6) is -5.24. The van der Waals surface area contributed by atoms with Gasteiger partial charge in [0, 0.05) is 0 Å². The number of hydrogen-bond acceptors (Lipinski definition) is 2. The highest BCUT2D eigenvalue weighted by Gasteiger charge is 2.39. The Bertz CT molecular complexity index is 1110. The number of carbonyl (C=O) groups excluding carboxylic acids is 2. The van der Waals surface area contributed by atoms with E-state index in [4.69, 9.17) is 34.8 Å². The molecule has 2 N–H and O–H groups in total. The highest BCUT2D eigenvalue weighted by atomic mass is 35.5. The molecule has 0 aliphatic carbocycles. The normalized spacial score (nSPS) is 13.1. The molecular weight excluding hydrogens is 552 g/mol. The Morgan fingerprint density at radius 2 is 1.51 bits per heavy atom. The van der Waals surface area contributed by atoms with Gasteiger partial charge in [0.05, 0.1) is 33.1 Å². The molecule has 4 nitrogen and oxygen atoms in total. The number of halogens is 10. The molecule has 0 bridgehead atoms. The van der Waals surface area contributed by atoms with Crippen LogP contribution in [0.15, 0.2) is 36.4 Å². The van der Waals surface area contributed by atoms with E-state index in [1.807, 2.05) is 0 Å². The maximum atomic E-state index is 13.6. The van der Waals surface area contributed by atoms with Crippen LogP contribution in [0.4, 0.5) is 30.7 Å². The van der Waals surface area contributed by atoms with Gasteiger partial charge in [-0.05, 0) is 35.4 Å². The Labute approximate surface area is 209 Å². The molecule has 0 spiro atoms. The second-order valence-electron chi connectivity index (χ2n) is 6.99. The first-order chi connectivity index (χ1) is 16.1. The number of alkyl halides is 6. The molecule has 0 aliphatic rings. The van der Waals surface area contributed by atoms with Gasteiger partial charge < -0.3 is 10.6 Å². The maximum Gasteiger partial charge on any atom is 0.405 e. The predicted molar refractivity (Wildman–Crippen MR) is 117 cm³/mol. The number of hydrogen-bond donors (Lipinski definition) is 2. The van der Waals surface area contributed by atoms with Crippen LogP contribution in [0.5, 0.6) is 0 Å². The zero-order valence-electron chi connectivity index (χ0n) is 17.1. The van der Waals surface area contributed by atoms with Crippen LogP contribution >= 0.6 is 34.8 Å². The minimum Gasteiger partial charge on any atom is -0.345 e. The van der Waals surface area contributed by atoms with Crippen molar-refractivity contribution in [2.24, 2.45) is 0 Å². The molecule has 0 heterocycles. The standard InChI is InChI=1S/C21H14Cl3F7N2O2/c22-14-5-10(1-3-12(14)19(35)32-8-17(34)33-9-20(26,27)28)2-4-13(21(29,30)31)11-6-15(23)18(25)16(24)7-11/h1-7,13H,8-9H2,(H,32,35)(H,33,34)/b4-2+. The third-order valence-corrected chi connectivity index (χ3v) is 5.20. The number of benzene rings is 2. The summed E-state index contributed by atoms with van der Waals surface area (Å²) in [5, 5.41) is 2.28. The monoisotopic (exact) mass is 564 g/mol. The van der Waals surface area contributed by atoms with E-state index in [0.717, 1.165) is 36.4 Å². The van der Waals surface area contributed by atoms with Crippen LogP contribution in [0, 0.1) is 5.82 Å². The lowest BCUT2D eigenvalue weighted by molar-refractivity contribution is -0.139. The SMILES string of the molecule is O=C(CNC(=O)c1ccc(/C=C/C(c2cc(Cl)c(F)c(Cl)c2)C(F)(F)F)cc1Cl)NCC(F)(F)F. The zero-order chi connectivity index (χ0) is 26.6. The first-order valence-electron chi connectivity index (χ1n) is 9.39. The fourth-order valence-corrected chi connectivity index (χ4v) is 3.49. The van der Waals surface area contributed by atoms with Gasteiger partial charge in [0.25, 0.3) is 5.91 Å². The molecule has 2 aromatic carbocycles. The zero-order valence-corrected chi connectivity index (χ0v) is 19.4. The van der Waals surface area contributed by atoms with Gasteiger partial charge in [0.1, 0.15) is 6.54 Å². The second kappa shape index (κ2) is 11.5. The van der Waals surface area contributed by atoms with E-state index in [1.54, 1.807) is 5.32 Å². The molecule has 0 radical (unpaired) electrons. The van der Waals surface area contributed by atoms with E-state index in [1.165, 1.54) is 6.07 Å². The summed E-state index contributed by atoms with van der Waals surface area (Å²) in [7, 11) is 0. The van der Waals surface area contributed by atoms with Crippen LogP contribution in [0.25, 0.3) is 6.08 Å². The van der Waals surface area contributed by atoms with E-state index in [2.05, 4.69) is 5.32 Å². The third kappa shape index (κ3) is 8.59. The Balaban J connectivity index is 2.15. The summed E-state index contributed by atoms with van der Waals surface area (Å²) in [6.45, 7) is -2.33. The highest BCUT2D eigenvalue weighted by molar-refractivity contribution is 6.35. The van der Waals surface area contributed by atoms with Crippen LogP contribution in [0.2, 0.25) is 15.1 Å². The fourth-order valence-electron chi connectivity index (χ4n) is 2.71. The summed E-state index contributed by atoms with van der Waals surface area (Å²) in [6.07, 6.45) is -7.58. The molecule has 35 heavy (non-hydrogen) atoms. The first kappa shape index (κ1) is 28.7. The van der Waals surface area contributed by atoms with Gasteiger partial charge in [-0.3, -0.25) is 9.59 Å². The predicted octanol–water partition coefficient (Wildman–Crippen LogP) is 6.55. The van der Waals surface area contributed by atoms with Gasteiger partial charge in [-0.15, -0.1) is 0 Å². The first-order valence-corrected chi connectivity index (χ1v) is 10.5. The second-order valence-corrected chi connectivity index (χ2v) is 8.21. The summed E-state index contributed by atoms with van der Waals surface area (Å²) < 4.78 is 90.6. The molecule has 0 saturated heterocycles. The van der Waals surface area contributed by atoms with Crippen LogP contribution in [0.3, 0.4) is 0 Å². The van der Waals surface area contributed by atoms with Crippen molar-refractivity contribution in [2.45, 2.75) is 18.3 Å². The van der Waals surface area contributed by atoms with Gasteiger partial charge in [0.15, 0.2) is 5.82 Å². The summed E-state index contributed by atoms with van der Waals surface area (Å²) in [4.78, 5) is 23.5. The van der Waals surface area contributed by atoms with Crippen LogP contribution in [-0.2, 0) is 4.79 Å². The molecule has 1 atom stereocenters. The van der Waals surface area contributed by atoms with E-state index in [-0.39, 0.29) is 16.1 Å². The van der Waals surface area contributed by atoms with Crippen molar-refractivity contribution in [2.75, 3.05) is 13.1 Å². The quantitative estimate of drug-likeness (QED) is 0.295. The van der Waals surface area contributed by atoms with Crippen molar-refractivity contribution >= 4 is 52.7 Å². The maximum absolute atomic E-state index is 13.6. The van der Waals surface area contributed by atoms with E-state index < -0.39 is 64.6 Å². The summed E-state index contributed by atoms with van der Waals surface area (Å²) >= 11 is 17.2. The topological polar surface area (TPSA) is 58.2 Å². The van der Waals surface area contributed by atoms with Gasteiger partial charge in [-0.2, -0.15) is 26.3 Å². The van der Waals surface area contributed by atoms with Gasteiger partial charge in [0.2, 0.25) is 5.91 Å². The number of rotatable bonds is 7. The Morgan fingerprint density at radius 1 is 0.914 bits per heavy atom. The molecule has 2 aromatic rings. The van der Waals surface area contributed by atoms with Crippen molar-refractivity contribution in [3.8, 4) is 0 Å². The highest BCUT2D eigenvalue weighted by Crippen LogP contribution is 2.39. The molecule has 2 amide bonds. The molecule has 0 aliphatic heterocycles. The van der Waals surface area contributed by atoms with Crippen molar-refractivity contribution in [1.82, 2.24) is 10.6 Å². The molecular formula is C21H14Cl3F7N2O2. The third-order valence-electron chi connectivity index (χ3n) is 4.33. The van der Waals surface area contributed by atoms with Crippen LogP contribution in [0.1, 0.15) is 27.4 Å². The largest absolute Gasteiger partial charge is 0.405 e. The minimum absolute atomic E-state index is 0.156. The summed E-state index contributed by atoms with van der Waals surface area (Å²) in [6, 6.07) is 5.17. The van der Waals surface area contributed by atoms with Crippen LogP contribution in [-0.4, -0.2) is 37.3 Å². The lowest BCUT2D eigenvalue weighted by atomic mass is 9.96. The average molecular weight is 566 g/mol. The number of allylic oxidation sites excluding steroid dienone is 1. The van der Waals surface area contributed by atoms with Crippen molar-refractivity contribution in [3.63, 3.8) is 0 Å². The van der Waals surface area contributed by atoms with E-state index in [9.17, 15) is 40.3 Å². The molecule has 1 unspecified atom stereocenters. The lowest BCUT2D eigenvalue weighted by Gasteiger charge is -2.18. The molecule has 190 valence electrons. The molecule has 14 heteroatoms. The number of amides is 2. The van der Waals surface area contributed by atoms with Gasteiger partial charge >= 0.3 is 12.4 Å². The number of carbonyl (C=O) groups is 2. The van der Waals surface area contributed by atoms with Crippen molar-refractivity contribution in [1.29, 1.82) is 0 Å².